The van der Waals surface area contributed by atoms with Crippen LogP contribution in [0, 0.1) is 11.8 Å². The number of fused-ring (bicyclic) bond motifs is 3. The zero-order valence-corrected chi connectivity index (χ0v) is 11.9. The second-order valence-corrected chi connectivity index (χ2v) is 6.37. The van der Waals surface area contributed by atoms with Crippen LogP contribution in [0.4, 0.5) is 0 Å². The van der Waals surface area contributed by atoms with Gasteiger partial charge < -0.3 is 4.57 Å². The number of aromatic nitrogens is 2. The Kier molecular flexibility index (Phi) is 3.10. The molecule has 1 saturated carbocycles. The number of allylic oxidation sites excluding steroid dienone is 6. The first kappa shape index (κ1) is 12.2. The summed E-state index contributed by atoms with van der Waals surface area (Å²) in [7, 11) is 0. The maximum atomic E-state index is 4.35. The predicted octanol–water partition coefficient (Wildman–Crippen LogP) is 4.40. The van der Waals surface area contributed by atoms with Crippen LogP contribution in [0.1, 0.15) is 49.8 Å². The van der Waals surface area contributed by atoms with Crippen LogP contribution in [0.25, 0.3) is 0 Å². The molecule has 20 heavy (non-hydrogen) atoms. The number of nitrogens with zero attached hydrogens (tertiary/aromatic N) is 2. The highest BCUT2D eigenvalue weighted by Crippen LogP contribution is 2.45. The van der Waals surface area contributed by atoms with Crippen LogP contribution in [0.15, 0.2) is 49.0 Å². The Hall–Kier alpha value is -1.57. The van der Waals surface area contributed by atoms with Crippen LogP contribution in [-0.4, -0.2) is 9.55 Å². The first-order chi connectivity index (χ1) is 9.93. The van der Waals surface area contributed by atoms with Gasteiger partial charge in [-0.3, -0.25) is 0 Å². The summed E-state index contributed by atoms with van der Waals surface area (Å²) in [5, 5.41) is 0. The summed E-state index contributed by atoms with van der Waals surface area (Å²) in [6.07, 6.45) is 25.0. The van der Waals surface area contributed by atoms with Gasteiger partial charge in [-0.15, -0.1) is 0 Å². The molecule has 0 N–H and O–H groups in total. The van der Waals surface area contributed by atoms with E-state index in [1.54, 1.807) is 0 Å². The van der Waals surface area contributed by atoms with Crippen molar-refractivity contribution in [1.29, 1.82) is 0 Å². The number of hydrogen-bond donors (Lipinski definition) is 0. The zero-order chi connectivity index (χ0) is 13.4. The Morgan fingerprint density at radius 3 is 2.80 bits per heavy atom. The van der Waals surface area contributed by atoms with Gasteiger partial charge in [-0.1, -0.05) is 55.7 Å². The lowest BCUT2D eigenvalue weighted by Crippen LogP contribution is -2.12. The molecule has 0 bridgehead atoms. The minimum Gasteiger partial charge on any atom is -0.326 e. The Morgan fingerprint density at radius 1 is 1.05 bits per heavy atom. The molecule has 3 atom stereocenters. The number of rotatable bonds is 2. The molecule has 0 aromatic carbocycles. The van der Waals surface area contributed by atoms with Crippen molar-refractivity contribution < 1.29 is 0 Å². The van der Waals surface area contributed by atoms with Crippen molar-refractivity contribution in [3.63, 3.8) is 0 Å². The van der Waals surface area contributed by atoms with Crippen LogP contribution in [-0.2, 0) is 0 Å². The zero-order valence-electron chi connectivity index (χ0n) is 11.9. The van der Waals surface area contributed by atoms with Gasteiger partial charge in [0.15, 0.2) is 0 Å². The summed E-state index contributed by atoms with van der Waals surface area (Å²) in [6, 6.07) is 0.459. The highest BCUT2D eigenvalue weighted by molar-refractivity contribution is 5.33. The highest BCUT2D eigenvalue weighted by atomic mass is 15.1. The van der Waals surface area contributed by atoms with E-state index < -0.39 is 0 Å². The minimum atomic E-state index is 0.459. The van der Waals surface area contributed by atoms with Crippen molar-refractivity contribution in [3.05, 3.63) is 54.7 Å². The van der Waals surface area contributed by atoms with E-state index in [-0.39, 0.29) is 0 Å². The maximum Gasteiger partial charge on any atom is 0.0954 e. The van der Waals surface area contributed by atoms with Gasteiger partial charge in [-0.05, 0) is 18.8 Å². The van der Waals surface area contributed by atoms with E-state index in [2.05, 4.69) is 46.0 Å². The summed E-state index contributed by atoms with van der Waals surface area (Å²) in [5.74, 6) is 1.90. The fourth-order valence-electron chi connectivity index (χ4n) is 4.07. The molecule has 3 aliphatic rings. The average Bonchev–Trinajstić information content (AvgIpc) is 3.07. The quantitative estimate of drug-likeness (QED) is 0.725. The lowest BCUT2D eigenvalue weighted by atomic mass is 9.83. The Bertz CT molecular complexity index is 558. The molecule has 1 aromatic heterocycles. The molecule has 1 fully saturated rings. The molecular formula is C18H22N2. The van der Waals surface area contributed by atoms with Crippen molar-refractivity contribution >= 4 is 0 Å². The summed E-state index contributed by atoms with van der Waals surface area (Å²) >= 11 is 0. The van der Waals surface area contributed by atoms with Crippen molar-refractivity contribution in [2.24, 2.45) is 11.8 Å². The van der Waals surface area contributed by atoms with Gasteiger partial charge in [-0.25, -0.2) is 4.98 Å². The normalized spacial score (nSPS) is 32.7. The van der Waals surface area contributed by atoms with E-state index >= 15 is 0 Å². The SMILES string of the molecule is C1=CC2c3cncn3C(/C=C/C3CCCCC3)C2C=C1. The van der Waals surface area contributed by atoms with E-state index in [0.717, 1.165) is 5.92 Å². The first-order valence-corrected chi connectivity index (χ1v) is 7.98. The standard InChI is InChI=1S/C18H22N2/c1-2-6-14(7-3-1)10-11-17-15-8-4-5-9-16(15)18-12-19-13-20(17)18/h4-5,8-17H,1-3,6-7H2/b11-10+. The highest BCUT2D eigenvalue weighted by Gasteiger charge is 2.37. The van der Waals surface area contributed by atoms with Crippen LogP contribution in [0.3, 0.4) is 0 Å². The monoisotopic (exact) mass is 266 g/mol. The van der Waals surface area contributed by atoms with Gasteiger partial charge in [0.25, 0.3) is 0 Å². The fourth-order valence-corrected chi connectivity index (χ4v) is 4.07. The predicted molar refractivity (Wildman–Crippen MR) is 81.5 cm³/mol. The molecule has 3 unspecified atom stereocenters. The second-order valence-electron chi connectivity index (χ2n) is 6.37. The summed E-state index contributed by atoms with van der Waals surface area (Å²) < 4.78 is 2.37. The molecular weight excluding hydrogens is 244 g/mol. The van der Waals surface area contributed by atoms with E-state index in [0.29, 0.717) is 17.9 Å². The van der Waals surface area contributed by atoms with Crippen LogP contribution in [0.5, 0.6) is 0 Å². The molecule has 0 radical (unpaired) electrons. The van der Waals surface area contributed by atoms with E-state index in [4.69, 9.17) is 0 Å². The van der Waals surface area contributed by atoms with Gasteiger partial charge in [0.05, 0.1) is 12.4 Å². The molecule has 2 nitrogen and oxygen atoms in total. The molecule has 4 rings (SSSR count). The number of hydrogen-bond acceptors (Lipinski definition) is 1. The molecule has 2 heterocycles. The molecule has 1 aromatic rings. The lowest BCUT2D eigenvalue weighted by molar-refractivity contribution is 0.415. The average molecular weight is 266 g/mol. The molecule has 2 aliphatic carbocycles. The fraction of sp³-hybridized carbons (Fsp3) is 0.500. The van der Waals surface area contributed by atoms with Gasteiger partial charge >= 0.3 is 0 Å². The lowest BCUT2D eigenvalue weighted by Gasteiger charge is -2.22. The van der Waals surface area contributed by atoms with Gasteiger partial charge in [0.1, 0.15) is 0 Å². The third-order valence-electron chi connectivity index (χ3n) is 5.16. The van der Waals surface area contributed by atoms with Gasteiger partial charge in [-0.2, -0.15) is 0 Å². The summed E-state index contributed by atoms with van der Waals surface area (Å²) in [6.45, 7) is 0. The van der Waals surface area contributed by atoms with Crippen molar-refractivity contribution in [3.8, 4) is 0 Å². The summed E-state index contributed by atoms with van der Waals surface area (Å²) in [4.78, 5) is 4.35. The third-order valence-corrected chi connectivity index (χ3v) is 5.16. The molecule has 1 aliphatic heterocycles. The topological polar surface area (TPSA) is 17.8 Å². The summed E-state index contributed by atoms with van der Waals surface area (Å²) in [5.41, 5.74) is 1.37. The van der Waals surface area contributed by atoms with Crippen molar-refractivity contribution in [2.75, 3.05) is 0 Å². The first-order valence-electron chi connectivity index (χ1n) is 7.98. The molecule has 0 saturated heterocycles. The van der Waals surface area contributed by atoms with E-state index in [1.165, 1.54) is 37.8 Å². The smallest absolute Gasteiger partial charge is 0.0954 e. The molecule has 2 heteroatoms. The van der Waals surface area contributed by atoms with E-state index in [1.807, 2.05) is 12.5 Å². The number of imidazole rings is 1. The molecule has 104 valence electrons. The minimum absolute atomic E-state index is 0.459. The van der Waals surface area contributed by atoms with Crippen LogP contribution >= 0.6 is 0 Å². The van der Waals surface area contributed by atoms with E-state index in [9.17, 15) is 0 Å². The van der Waals surface area contributed by atoms with Crippen LogP contribution in [0.2, 0.25) is 0 Å². The van der Waals surface area contributed by atoms with Crippen molar-refractivity contribution in [1.82, 2.24) is 9.55 Å². The molecule has 0 amide bonds. The van der Waals surface area contributed by atoms with Gasteiger partial charge in [0.2, 0.25) is 0 Å². The Morgan fingerprint density at radius 2 is 1.90 bits per heavy atom. The Labute approximate surface area is 120 Å². The Balaban J connectivity index is 1.59. The largest absolute Gasteiger partial charge is 0.326 e. The second kappa shape index (κ2) is 5.08. The van der Waals surface area contributed by atoms with Gasteiger partial charge in [0, 0.05) is 23.7 Å². The van der Waals surface area contributed by atoms with Crippen molar-refractivity contribution in [2.45, 2.75) is 44.1 Å². The van der Waals surface area contributed by atoms with Crippen LogP contribution < -0.4 is 0 Å². The molecule has 0 spiro atoms. The maximum absolute atomic E-state index is 4.35. The third kappa shape index (κ3) is 1.98.